The monoisotopic (exact) mass is 287 g/mol. The fraction of sp³-hybridized carbons (Fsp3) is 0.333. The molecule has 3 rings (SSSR count). The standard InChI is InChI=1S/C15H17N3O3/c1-10(12-4-5-13-14(8-12)21-9-20-13)17-15(19)11(2)18-7-3-6-16-18/h3-8,10-11H,9H2,1-2H3,(H,17,19). The van der Waals surface area contributed by atoms with Gasteiger partial charge in [0.25, 0.3) is 0 Å². The minimum absolute atomic E-state index is 0.0798. The highest BCUT2D eigenvalue weighted by Crippen LogP contribution is 2.34. The fourth-order valence-electron chi connectivity index (χ4n) is 2.23. The summed E-state index contributed by atoms with van der Waals surface area (Å²) in [4.78, 5) is 12.2. The van der Waals surface area contributed by atoms with E-state index in [1.807, 2.05) is 32.0 Å². The molecule has 0 saturated heterocycles. The molecule has 0 bridgehead atoms. The average molecular weight is 287 g/mol. The molecule has 2 heterocycles. The van der Waals surface area contributed by atoms with Crippen LogP contribution in [0.2, 0.25) is 0 Å². The van der Waals surface area contributed by atoms with E-state index >= 15 is 0 Å². The van der Waals surface area contributed by atoms with Gasteiger partial charge in [0.2, 0.25) is 12.7 Å². The van der Waals surface area contributed by atoms with Crippen LogP contribution in [0.15, 0.2) is 36.7 Å². The number of hydrogen-bond donors (Lipinski definition) is 1. The Hall–Kier alpha value is -2.50. The van der Waals surface area contributed by atoms with Gasteiger partial charge < -0.3 is 14.8 Å². The van der Waals surface area contributed by atoms with Crippen molar-refractivity contribution < 1.29 is 14.3 Å². The van der Waals surface area contributed by atoms with Gasteiger partial charge in [0.1, 0.15) is 6.04 Å². The van der Waals surface area contributed by atoms with Gasteiger partial charge in [0.05, 0.1) is 6.04 Å². The van der Waals surface area contributed by atoms with E-state index < -0.39 is 0 Å². The second-order valence-electron chi connectivity index (χ2n) is 5.01. The van der Waals surface area contributed by atoms with Crippen molar-refractivity contribution in [2.24, 2.45) is 0 Å². The molecule has 6 heteroatoms. The van der Waals surface area contributed by atoms with E-state index in [-0.39, 0.29) is 24.8 Å². The largest absolute Gasteiger partial charge is 0.454 e. The van der Waals surface area contributed by atoms with Crippen molar-refractivity contribution in [1.29, 1.82) is 0 Å². The van der Waals surface area contributed by atoms with E-state index in [1.54, 1.807) is 23.1 Å². The first-order chi connectivity index (χ1) is 10.1. The summed E-state index contributed by atoms with van der Waals surface area (Å²) in [6.07, 6.45) is 3.43. The number of carbonyl (C=O) groups is 1. The molecule has 1 N–H and O–H groups in total. The van der Waals surface area contributed by atoms with Gasteiger partial charge in [-0.15, -0.1) is 0 Å². The molecule has 1 aliphatic heterocycles. The van der Waals surface area contributed by atoms with Crippen LogP contribution in [0.1, 0.15) is 31.5 Å². The number of hydrogen-bond acceptors (Lipinski definition) is 4. The van der Waals surface area contributed by atoms with Gasteiger partial charge in [-0.25, -0.2) is 0 Å². The highest BCUT2D eigenvalue weighted by atomic mass is 16.7. The van der Waals surface area contributed by atoms with Crippen molar-refractivity contribution in [2.45, 2.75) is 25.9 Å². The zero-order valence-corrected chi connectivity index (χ0v) is 11.9. The first-order valence-electron chi connectivity index (χ1n) is 6.84. The van der Waals surface area contributed by atoms with Crippen LogP contribution >= 0.6 is 0 Å². The summed E-state index contributed by atoms with van der Waals surface area (Å²) < 4.78 is 12.3. The van der Waals surface area contributed by atoms with Crippen molar-refractivity contribution in [1.82, 2.24) is 15.1 Å². The molecule has 1 amide bonds. The summed E-state index contributed by atoms with van der Waals surface area (Å²) in [5.74, 6) is 1.37. The molecule has 0 saturated carbocycles. The van der Waals surface area contributed by atoms with Crippen LogP contribution in [0.4, 0.5) is 0 Å². The summed E-state index contributed by atoms with van der Waals surface area (Å²) in [6, 6.07) is 7.01. The quantitative estimate of drug-likeness (QED) is 0.934. The van der Waals surface area contributed by atoms with E-state index in [9.17, 15) is 4.79 Å². The zero-order chi connectivity index (χ0) is 14.8. The number of amides is 1. The predicted molar refractivity (Wildman–Crippen MR) is 76.1 cm³/mol. The van der Waals surface area contributed by atoms with Gasteiger partial charge in [-0.2, -0.15) is 5.10 Å². The van der Waals surface area contributed by atoms with Crippen molar-refractivity contribution in [3.63, 3.8) is 0 Å². The molecule has 0 radical (unpaired) electrons. The van der Waals surface area contributed by atoms with Crippen LogP contribution in [-0.2, 0) is 4.79 Å². The molecule has 2 aromatic rings. The van der Waals surface area contributed by atoms with Crippen LogP contribution in [0, 0.1) is 0 Å². The lowest BCUT2D eigenvalue weighted by Gasteiger charge is -2.18. The number of fused-ring (bicyclic) bond motifs is 1. The second kappa shape index (κ2) is 5.47. The first-order valence-corrected chi connectivity index (χ1v) is 6.84. The Bertz CT molecular complexity index is 640. The molecule has 0 fully saturated rings. The van der Waals surface area contributed by atoms with E-state index in [4.69, 9.17) is 9.47 Å². The Kier molecular flexibility index (Phi) is 3.51. The molecular weight excluding hydrogens is 270 g/mol. The lowest BCUT2D eigenvalue weighted by molar-refractivity contribution is -0.124. The number of benzene rings is 1. The molecular formula is C15H17N3O3. The van der Waals surface area contributed by atoms with Gasteiger partial charge in [-0.05, 0) is 37.6 Å². The van der Waals surface area contributed by atoms with E-state index in [2.05, 4.69) is 10.4 Å². The second-order valence-corrected chi connectivity index (χ2v) is 5.01. The zero-order valence-electron chi connectivity index (χ0n) is 11.9. The number of aromatic nitrogens is 2. The molecule has 1 aliphatic rings. The Morgan fingerprint density at radius 1 is 1.33 bits per heavy atom. The van der Waals surface area contributed by atoms with Crippen LogP contribution < -0.4 is 14.8 Å². The third kappa shape index (κ3) is 2.69. The molecule has 1 aromatic carbocycles. The van der Waals surface area contributed by atoms with Gasteiger partial charge in [-0.1, -0.05) is 6.07 Å². The maximum absolute atomic E-state index is 12.2. The number of nitrogens with zero attached hydrogens (tertiary/aromatic N) is 2. The number of rotatable bonds is 4. The van der Waals surface area contributed by atoms with Crippen molar-refractivity contribution in [2.75, 3.05) is 6.79 Å². The summed E-state index contributed by atoms with van der Waals surface area (Å²) in [6.45, 7) is 4.00. The Morgan fingerprint density at radius 2 is 2.14 bits per heavy atom. The molecule has 0 aliphatic carbocycles. The lowest BCUT2D eigenvalue weighted by atomic mass is 10.1. The minimum atomic E-state index is -0.350. The average Bonchev–Trinajstić information content (AvgIpc) is 3.16. The summed E-state index contributed by atoms with van der Waals surface area (Å²) >= 11 is 0. The van der Waals surface area contributed by atoms with Crippen LogP contribution in [0.25, 0.3) is 0 Å². The van der Waals surface area contributed by atoms with Crippen molar-refractivity contribution in [3.8, 4) is 11.5 Å². The number of ether oxygens (including phenoxy) is 2. The molecule has 110 valence electrons. The third-order valence-electron chi connectivity index (χ3n) is 3.56. The topological polar surface area (TPSA) is 65.4 Å². The maximum atomic E-state index is 12.2. The minimum Gasteiger partial charge on any atom is -0.454 e. The Morgan fingerprint density at radius 3 is 2.90 bits per heavy atom. The number of nitrogens with one attached hydrogen (secondary N) is 1. The first kappa shape index (κ1) is 13.5. The highest BCUT2D eigenvalue weighted by molar-refractivity contribution is 5.80. The van der Waals surface area contributed by atoms with Gasteiger partial charge in [-0.3, -0.25) is 9.48 Å². The van der Waals surface area contributed by atoms with E-state index in [1.165, 1.54) is 0 Å². The van der Waals surface area contributed by atoms with Gasteiger partial charge >= 0.3 is 0 Å². The van der Waals surface area contributed by atoms with E-state index in [0.717, 1.165) is 11.3 Å². The molecule has 1 aromatic heterocycles. The predicted octanol–water partition coefficient (Wildman–Crippen LogP) is 2.05. The van der Waals surface area contributed by atoms with Gasteiger partial charge in [0, 0.05) is 12.4 Å². The highest BCUT2D eigenvalue weighted by Gasteiger charge is 2.20. The Balaban J connectivity index is 1.68. The smallest absolute Gasteiger partial charge is 0.245 e. The SMILES string of the molecule is CC(NC(=O)C(C)n1cccn1)c1ccc2c(c1)OCO2. The van der Waals surface area contributed by atoms with Crippen LogP contribution in [0.3, 0.4) is 0 Å². The van der Waals surface area contributed by atoms with Crippen molar-refractivity contribution >= 4 is 5.91 Å². The molecule has 6 nitrogen and oxygen atoms in total. The third-order valence-corrected chi connectivity index (χ3v) is 3.56. The summed E-state index contributed by atoms with van der Waals surface area (Å²) in [5, 5.41) is 7.06. The van der Waals surface area contributed by atoms with Crippen LogP contribution in [0.5, 0.6) is 11.5 Å². The lowest BCUT2D eigenvalue weighted by Crippen LogP contribution is -2.33. The normalized spacial score (nSPS) is 15.5. The Labute approximate surface area is 122 Å². The summed E-state index contributed by atoms with van der Waals surface area (Å²) in [5.41, 5.74) is 0.972. The maximum Gasteiger partial charge on any atom is 0.245 e. The molecule has 0 spiro atoms. The fourth-order valence-corrected chi connectivity index (χ4v) is 2.23. The van der Waals surface area contributed by atoms with Crippen LogP contribution in [-0.4, -0.2) is 22.5 Å². The summed E-state index contributed by atoms with van der Waals surface area (Å²) in [7, 11) is 0. The van der Waals surface area contributed by atoms with Gasteiger partial charge in [0.15, 0.2) is 11.5 Å². The van der Waals surface area contributed by atoms with Crippen molar-refractivity contribution in [3.05, 3.63) is 42.2 Å². The molecule has 2 unspecified atom stereocenters. The van der Waals surface area contributed by atoms with E-state index in [0.29, 0.717) is 5.75 Å². The molecule has 2 atom stereocenters. The number of carbonyl (C=O) groups excluding carboxylic acids is 1. The molecule has 21 heavy (non-hydrogen) atoms.